The topological polar surface area (TPSA) is 111 Å². The van der Waals surface area contributed by atoms with Gasteiger partial charge in [0.15, 0.2) is 0 Å². The standard InChI is InChI=1S/C13H19NO3.C6H10O2/c1-2-11-4-6-14-12(7-11)3-5-13(8-15,9-16)10-17;1-4(2)5(3)6(7)8/h2,4,6-7,15-17H,1,3,5,8-10H2;1-3H3,(H,7,8). The molecule has 1 rings (SSSR count). The van der Waals surface area contributed by atoms with E-state index in [0.717, 1.165) is 16.8 Å². The molecule has 0 saturated carbocycles. The highest BCUT2D eigenvalue weighted by atomic mass is 16.4. The van der Waals surface area contributed by atoms with Crippen LogP contribution in [0, 0.1) is 5.41 Å². The maximum absolute atomic E-state index is 10.1. The zero-order chi connectivity index (χ0) is 19.5. The number of carbonyl (C=O) groups is 1. The minimum absolute atomic E-state index is 0.235. The summed E-state index contributed by atoms with van der Waals surface area (Å²) >= 11 is 0. The molecule has 1 aromatic heterocycles. The van der Waals surface area contributed by atoms with Crippen molar-refractivity contribution in [3.8, 4) is 0 Å². The normalized spacial score (nSPS) is 10.5. The highest BCUT2D eigenvalue weighted by molar-refractivity contribution is 5.86. The monoisotopic (exact) mass is 351 g/mol. The summed E-state index contributed by atoms with van der Waals surface area (Å²) in [5.74, 6) is -0.829. The van der Waals surface area contributed by atoms with E-state index in [-0.39, 0.29) is 19.8 Å². The number of nitrogens with zero attached hydrogens (tertiary/aromatic N) is 1. The molecule has 25 heavy (non-hydrogen) atoms. The fourth-order valence-corrected chi connectivity index (χ4v) is 1.75. The van der Waals surface area contributed by atoms with E-state index in [9.17, 15) is 20.1 Å². The molecular weight excluding hydrogens is 322 g/mol. The Morgan fingerprint density at radius 2 is 1.76 bits per heavy atom. The second-order valence-corrected chi connectivity index (χ2v) is 6.19. The first-order valence-electron chi connectivity index (χ1n) is 8.02. The van der Waals surface area contributed by atoms with Crippen molar-refractivity contribution in [3.63, 3.8) is 0 Å². The van der Waals surface area contributed by atoms with Crippen molar-refractivity contribution in [2.45, 2.75) is 33.6 Å². The van der Waals surface area contributed by atoms with Gasteiger partial charge in [0, 0.05) is 22.9 Å². The molecule has 0 amide bonds. The number of aliphatic carboxylic acids is 1. The van der Waals surface area contributed by atoms with Crippen molar-refractivity contribution in [2.75, 3.05) is 19.8 Å². The van der Waals surface area contributed by atoms with Crippen LogP contribution in [-0.2, 0) is 11.2 Å². The molecule has 0 aromatic carbocycles. The third-order valence-electron chi connectivity index (χ3n) is 4.06. The van der Waals surface area contributed by atoms with E-state index in [1.807, 2.05) is 12.1 Å². The molecule has 140 valence electrons. The average Bonchev–Trinajstić information content (AvgIpc) is 2.63. The summed E-state index contributed by atoms with van der Waals surface area (Å²) in [6.07, 6.45) is 4.53. The van der Waals surface area contributed by atoms with Gasteiger partial charge in [0.2, 0.25) is 0 Å². The predicted octanol–water partition coefficient (Wildman–Crippen LogP) is 2.05. The fourth-order valence-electron chi connectivity index (χ4n) is 1.75. The molecule has 0 atom stereocenters. The van der Waals surface area contributed by atoms with Crippen LogP contribution < -0.4 is 0 Å². The van der Waals surface area contributed by atoms with E-state index >= 15 is 0 Å². The number of aliphatic hydroxyl groups excluding tert-OH is 3. The molecule has 0 fully saturated rings. The first-order valence-corrected chi connectivity index (χ1v) is 8.02. The van der Waals surface area contributed by atoms with Crippen LogP contribution in [0.4, 0.5) is 0 Å². The van der Waals surface area contributed by atoms with Gasteiger partial charge < -0.3 is 20.4 Å². The van der Waals surface area contributed by atoms with Crippen LogP contribution in [0.1, 0.15) is 38.4 Å². The third kappa shape index (κ3) is 8.07. The largest absolute Gasteiger partial charge is 0.478 e. The van der Waals surface area contributed by atoms with E-state index < -0.39 is 11.4 Å². The number of hydrogen-bond donors (Lipinski definition) is 4. The summed E-state index contributed by atoms with van der Waals surface area (Å²) in [7, 11) is 0. The Balaban J connectivity index is 0.000000609. The molecule has 0 radical (unpaired) electrons. The van der Waals surface area contributed by atoms with Crippen LogP contribution in [0.5, 0.6) is 0 Å². The number of allylic oxidation sites excluding steroid dienone is 1. The van der Waals surface area contributed by atoms with Gasteiger partial charge in [0.1, 0.15) is 0 Å². The molecule has 0 aliphatic heterocycles. The molecule has 1 heterocycles. The Hall–Kier alpha value is -2.02. The minimum Gasteiger partial charge on any atom is -0.478 e. The van der Waals surface area contributed by atoms with Crippen molar-refractivity contribution in [1.29, 1.82) is 0 Å². The molecule has 4 N–H and O–H groups in total. The third-order valence-corrected chi connectivity index (χ3v) is 4.06. The van der Waals surface area contributed by atoms with Crippen LogP contribution in [0.25, 0.3) is 6.08 Å². The second kappa shape index (κ2) is 11.5. The van der Waals surface area contributed by atoms with Gasteiger partial charge in [-0.2, -0.15) is 0 Å². The highest BCUT2D eigenvalue weighted by Crippen LogP contribution is 2.22. The van der Waals surface area contributed by atoms with Crippen molar-refractivity contribution in [3.05, 3.63) is 47.3 Å². The van der Waals surface area contributed by atoms with E-state index in [2.05, 4.69) is 11.6 Å². The SMILES string of the molecule is C=Cc1ccnc(CCC(CO)(CO)CO)c1.CC(C)=C(C)C(=O)O. The lowest BCUT2D eigenvalue weighted by Crippen LogP contribution is -2.34. The van der Waals surface area contributed by atoms with Crippen molar-refractivity contribution in [1.82, 2.24) is 4.98 Å². The van der Waals surface area contributed by atoms with Crippen LogP contribution in [-0.4, -0.2) is 51.2 Å². The summed E-state index contributed by atoms with van der Waals surface area (Å²) in [5, 5.41) is 35.9. The average molecular weight is 351 g/mol. The van der Waals surface area contributed by atoms with Gasteiger partial charge in [0.25, 0.3) is 0 Å². The number of carboxylic acid groups (broad SMARTS) is 1. The summed E-state index contributed by atoms with van der Waals surface area (Å²) in [6.45, 7) is 8.13. The summed E-state index contributed by atoms with van der Waals surface area (Å²) in [4.78, 5) is 14.3. The Kier molecular flexibility index (Phi) is 10.6. The number of aryl methyl sites for hydroxylation is 1. The molecule has 0 spiro atoms. The molecule has 1 aromatic rings. The zero-order valence-corrected chi connectivity index (χ0v) is 15.2. The molecule has 0 aliphatic carbocycles. The number of carboxylic acids is 1. The fraction of sp³-hybridized carbons (Fsp3) is 0.474. The Morgan fingerprint density at radius 1 is 1.20 bits per heavy atom. The minimum atomic E-state index is -0.829. The van der Waals surface area contributed by atoms with Gasteiger partial charge in [0.05, 0.1) is 19.8 Å². The summed E-state index contributed by atoms with van der Waals surface area (Å²) < 4.78 is 0. The lowest BCUT2D eigenvalue weighted by molar-refractivity contribution is -0.132. The van der Waals surface area contributed by atoms with Crippen LogP contribution in [0.15, 0.2) is 36.1 Å². The summed E-state index contributed by atoms with van der Waals surface area (Å²) in [5.41, 5.74) is 2.31. The molecule has 0 saturated heterocycles. The van der Waals surface area contributed by atoms with E-state index in [1.165, 1.54) is 0 Å². The molecule has 0 aliphatic rings. The maximum Gasteiger partial charge on any atom is 0.331 e. The van der Waals surface area contributed by atoms with E-state index in [0.29, 0.717) is 18.4 Å². The molecule has 6 heteroatoms. The number of hydrogen-bond acceptors (Lipinski definition) is 5. The first kappa shape index (κ1) is 23.0. The zero-order valence-electron chi connectivity index (χ0n) is 15.2. The Morgan fingerprint density at radius 3 is 2.12 bits per heavy atom. The Labute approximate surface area is 149 Å². The molecule has 0 bridgehead atoms. The van der Waals surface area contributed by atoms with Crippen LogP contribution >= 0.6 is 0 Å². The van der Waals surface area contributed by atoms with Crippen LogP contribution in [0.3, 0.4) is 0 Å². The lowest BCUT2D eigenvalue weighted by atomic mass is 9.85. The number of aromatic nitrogens is 1. The first-order chi connectivity index (χ1) is 11.7. The maximum atomic E-state index is 10.1. The van der Waals surface area contributed by atoms with Crippen molar-refractivity contribution in [2.24, 2.45) is 5.41 Å². The van der Waals surface area contributed by atoms with Crippen molar-refractivity contribution < 1.29 is 25.2 Å². The predicted molar refractivity (Wildman–Crippen MR) is 98.0 cm³/mol. The lowest BCUT2D eigenvalue weighted by Gasteiger charge is -2.26. The number of rotatable bonds is 8. The highest BCUT2D eigenvalue weighted by Gasteiger charge is 2.27. The van der Waals surface area contributed by atoms with Gasteiger partial charge in [-0.15, -0.1) is 0 Å². The number of pyridine rings is 1. The van der Waals surface area contributed by atoms with Crippen LogP contribution in [0.2, 0.25) is 0 Å². The van der Waals surface area contributed by atoms with E-state index in [4.69, 9.17) is 5.11 Å². The van der Waals surface area contributed by atoms with Gasteiger partial charge >= 0.3 is 5.97 Å². The summed E-state index contributed by atoms with van der Waals surface area (Å²) in [6, 6.07) is 3.76. The second-order valence-electron chi connectivity index (χ2n) is 6.19. The molecular formula is C19H29NO5. The van der Waals surface area contributed by atoms with Gasteiger partial charge in [-0.25, -0.2) is 4.79 Å². The quantitative estimate of drug-likeness (QED) is 0.534. The van der Waals surface area contributed by atoms with E-state index in [1.54, 1.807) is 33.0 Å². The van der Waals surface area contributed by atoms with Gasteiger partial charge in [-0.05, 0) is 51.3 Å². The Bertz CT molecular complexity index is 579. The smallest absolute Gasteiger partial charge is 0.331 e. The van der Waals surface area contributed by atoms with Gasteiger partial charge in [-0.1, -0.05) is 18.2 Å². The van der Waals surface area contributed by atoms with Crippen molar-refractivity contribution >= 4 is 12.0 Å². The molecule has 0 unspecified atom stereocenters. The number of aliphatic hydroxyl groups is 3. The molecule has 6 nitrogen and oxygen atoms in total. The van der Waals surface area contributed by atoms with Gasteiger partial charge in [-0.3, -0.25) is 4.98 Å².